The maximum atomic E-state index is 10.4. The van der Waals surface area contributed by atoms with Gasteiger partial charge in [-0.3, -0.25) is 0 Å². The average molecular weight is 272 g/mol. The quantitative estimate of drug-likeness (QED) is 0.332. The molecule has 0 aliphatic rings. The van der Waals surface area contributed by atoms with Crippen LogP contribution in [0, 0.1) is 13.8 Å². The molecule has 102 valence electrons. The number of phenols is 1. The Morgan fingerprint density at radius 2 is 1.14 bits per heavy atom. The Labute approximate surface area is 123 Å². The van der Waals surface area contributed by atoms with Gasteiger partial charge in [0.2, 0.25) is 0 Å². The summed E-state index contributed by atoms with van der Waals surface area (Å²) in [6.45, 7) is 4.31. The highest BCUT2D eigenvalue weighted by Crippen LogP contribution is 2.39. The van der Waals surface area contributed by atoms with Crippen molar-refractivity contribution in [2.75, 3.05) is 0 Å². The van der Waals surface area contributed by atoms with E-state index in [2.05, 4.69) is 44.2 Å². The van der Waals surface area contributed by atoms with Gasteiger partial charge in [-0.05, 0) is 58.0 Å². The maximum absolute atomic E-state index is 10.4. The van der Waals surface area contributed by atoms with Crippen LogP contribution in [0.15, 0.2) is 54.6 Å². The first-order chi connectivity index (χ1) is 10.2. The van der Waals surface area contributed by atoms with Gasteiger partial charge >= 0.3 is 0 Å². The van der Waals surface area contributed by atoms with Gasteiger partial charge in [0.15, 0.2) is 0 Å². The van der Waals surface area contributed by atoms with Gasteiger partial charge in [0.1, 0.15) is 5.75 Å². The number of fused-ring (bicyclic) bond motifs is 4. The zero-order valence-electron chi connectivity index (χ0n) is 12.1. The van der Waals surface area contributed by atoms with E-state index in [9.17, 15) is 5.11 Å². The monoisotopic (exact) mass is 272 g/mol. The van der Waals surface area contributed by atoms with E-state index < -0.39 is 0 Å². The van der Waals surface area contributed by atoms with Crippen LogP contribution in [0.1, 0.15) is 11.1 Å². The van der Waals surface area contributed by atoms with Gasteiger partial charge < -0.3 is 5.11 Å². The highest BCUT2D eigenvalue weighted by atomic mass is 16.3. The smallest absolute Gasteiger partial charge is 0.124 e. The van der Waals surface area contributed by atoms with E-state index in [0.717, 1.165) is 16.2 Å². The number of hydrogen-bond donors (Lipinski definition) is 1. The number of hydrogen-bond acceptors (Lipinski definition) is 1. The summed E-state index contributed by atoms with van der Waals surface area (Å²) in [7, 11) is 0. The molecule has 4 rings (SSSR count). The minimum atomic E-state index is 0.357. The number of benzene rings is 4. The fraction of sp³-hybridized carbons (Fsp3) is 0.100. The lowest BCUT2D eigenvalue weighted by Crippen LogP contribution is -1.89. The first-order valence-electron chi connectivity index (χ1n) is 7.21. The lowest BCUT2D eigenvalue weighted by atomic mass is 9.90. The van der Waals surface area contributed by atoms with Crippen molar-refractivity contribution < 1.29 is 5.11 Å². The molecule has 0 saturated carbocycles. The Morgan fingerprint density at radius 1 is 0.619 bits per heavy atom. The van der Waals surface area contributed by atoms with Crippen molar-refractivity contribution in [1.82, 2.24) is 0 Å². The SMILES string of the molecule is Cc1c2ccccc2c(C)c2c1cc(O)c1ccccc12. The van der Waals surface area contributed by atoms with Crippen molar-refractivity contribution in [3.63, 3.8) is 0 Å². The summed E-state index contributed by atoms with van der Waals surface area (Å²) < 4.78 is 0. The van der Waals surface area contributed by atoms with Crippen molar-refractivity contribution in [1.29, 1.82) is 0 Å². The summed E-state index contributed by atoms with van der Waals surface area (Å²) in [6, 6.07) is 18.5. The lowest BCUT2D eigenvalue weighted by Gasteiger charge is -2.15. The fourth-order valence-electron chi connectivity index (χ4n) is 3.47. The summed E-state index contributed by atoms with van der Waals surface area (Å²) in [5, 5.41) is 17.3. The van der Waals surface area contributed by atoms with Crippen molar-refractivity contribution in [2.24, 2.45) is 0 Å². The largest absolute Gasteiger partial charge is 0.507 e. The topological polar surface area (TPSA) is 20.2 Å². The number of aryl methyl sites for hydroxylation is 2. The van der Waals surface area contributed by atoms with Crippen molar-refractivity contribution in [2.45, 2.75) is 13.8 Å². The molecule has 21 heavy (non-hydrogen) atoms. The van der Waals surface area contributed by atoms with Gasteiger partial charge in [-0.25, -0.2) is 0 Å². The van der Waals surface area contributed by atoms with Crippen molar-refractivity contribution in [3.05, 3.63) is 65.7 Å². The second-order valence-corrected chi connectivity index (χ2v) is 5.66. The minimum Gasteiger partial charge on any atom is -0.507 e. The lowest BCUT2D eigenvalue weighted by molar-refractivity contribution is 0.482. The number of aromatic hydroxyl groups is 1. The summed E-state index contributed by atoms with van der Waals surface area (Å²) in [5.74, 6) is 0.357. The first kappa shape index (κ1) is 12.2. The Morgan fingerprint density at radius 3 is 1.81 bits per heavy atom. The molecular weight excluding hydrogens is 256 g/mol. The van der Waals surface area contributed by atoms with Crippen LogP contribution in [0.5, 0.6) is 5.75 Å². The molecule has 4 aromatic carbocycles. The second-order valence-electron chi connectivity index (χ2n) is 5.66. The van der Waals surface area contributed by atoms with E-state index in [4.69, 9.17) is 0 Å². The molecule has 0 aliphatic carbocycles. The molecule has 0 radical (unpaired) electrons. The minimum absolute atomic E-state index is 0.357. The molecule has 0 fully saturated rings. The average Bonchev–Trinajstić information content (AvgIpc) is 2.53. The van der Waals surface area contributed by atoms with Gasteiger partial charge in [-0.1, -0.05) is 48.5 Å². The van der Waals surface area contributed by atoms with Crippen LogP contribution in [-0.2, 0) is 0 Å². The van der Waals surface area contributed by atoms with Gasteiger partial charge in [-0.2, -0.15) is 0 Å². The third-order valence-electron chi connectivity index (χ3n) is 4.54. The second kappa shape index (κ2) is 4.23. The van der Waals surface area contributed by atoms with Crippen LogP contribution in [0.3, 0.4) is 0 Å². The molecule has 1 N–H and O–H groups in total. The molecular formula is C20H16O. The Kier molecular flexibility index (Phi) is 2.46. The van der Waals surface area contributed by atoms with Crippen LogP contribution < -0.4 is 0 Å². The molecule has 1 nitrogen and oxygen atoms in total. The van der Waals surface area contributed by atoms with Crippen LogP contribution >= 0.6 is 0 Å². The zero-order chi connectivity index (χ0) is 14.6. The first-order valence-corrected chi connectivity index (χ1v) is 7.21. The van der Waals surface area contributed by atoms with Crippen molar-refractivity contribution >= 4 is 32.3 Å². The zero-order valence-corrected chi connectivity index (χ0v) is 12.1. The third-order valence-corrected chi connectivity index (χ3v) is 4.54. The molecule has 0 atom stereocenters. The van der Waals surface area contributed by atoms with E-state index in [0.29, 0.717) is 5.75 Å². The van der Waals surface area contributed by atoms with Gasteiger partial charge in [-0.15, -0.1) is 0 Å². The molecule has 0 unspecified atom stereocenters. The Hall–Kier alpha value is -2.54. The molecule has 0 amide bonds. The van der Waals surface area contributed by atoms with Gasteiger partial charge in [0, 0.05) is 5.39 Å². The van der Waals surface area contributed by atoms with Gasteiger partial charge in [0.25, 0.3) is 0 Å². The van der Waals surface area contributed by atoms with E-state index >= 15 is 0 Å². The van der Waals surface area contributed by atoms with Crippen LogP contribution in [-0.4, -0.2) is 5.11 Å². The molecule has 4 aromatic rings. The molecule has 0 aromatic heterocycles. The summed E-state index contributed by atoms with van der Waals surface area (Å²) in [4.78, 5) is 0. The Bertz CT molecular complexity index is 1010. The molecule has 1 heteroatoms. The summed E-state index contributed by atoms with van der Waals surface area (Å²) >= 11 is 0. The number of phenolic OH excluding ortho intramolecular Hbond substituents is 1. The fourth-order valence-corrected chi connectivity index (χ4v) is 3.47. The molecule has 0 aliphatic heterocycles. The van der Waals surface area contributed by atoms with Crippen LogP contribution in [0.25, 0.3) is 32.3 Å². The van der Waals surface area contributed by atoms with E-state index in [1.165, 1.54) is 27.3 Å². The molecule has 0 spiro atoms. The Balaban J connectivity index is 2.40. The van der Waals surface area contributed by atoms with Crippen LogP contribution in [0.4, 0.5) is 0 Å². The summed E-state index contributed by atoms with van der Waals surface area (Å²) in [6.07, 6.45) is 0. The molecule has 0 heterocycles. The van der Waals surface area contributed by atoms with Crippen LogP contribution in [0.2, 0.25) is 0 Å². The number of rotatable bonds is 0. The summed E-state index contributed by atoms with van der Waals surface area (Å²) in [5.41, 5.74) is 2.51. The standard InChI is InChI=1S/C20H16O/c1-12-14-7-3-4-8-15(14)13(2)20-17-10-6-5-9-16(17)19(21)11-18(12)20/h3-11,21H,1-2H3. The highest BCUT2D eigenvalue weighted by molar-refractivity contribution is 6.18. The van der Waals surface area contributed by atoms with Gasteiger partial charge in [0.05, 0.1) is 0 Å². The molecule has 0 saturated heterocycles. The predicted molar refractivity (Wildman–Crippen MR) is 90.1 cm³/mol. The third kappa shape index (κ3) is 1.58. The normalized spacial score (nSPS) is 11.5. The maximum Gasteiger partial charge on any atom is 0.124 e. The molecule has 0 bridgehead atoms. The van der Waals surface area contributed by atoms with E-state index in [1.807, 2.05) is 24.3 Å². The van der Waals surface area contributed by atoms with E-state index in [-0.39, 0.29) is 0 Å². The van der Waals surface area contributed by atoms with Crippen molar-refractivity contribution in [3.8, 4) is 5.75 Å². The van der Waals surface area contributed by atoms with E-state index in [1.54, 1.807) is 0 Å². The highest BCUT2D eigenvalue weighted by Gasteiger charge is 2.13. The predicted octanol–water partition coefficient (Wildman–Crippen LogP) is 5.47.